The van der Waals surface area contributed by atoms with Gasteiger partial charge in [-0.05, 0) is 89.9 Å². The SMILES string of the molecule is CCCCCC/C=C\C/C=C\CCCCCCCCCC(=O)OCCCCCCCCCCCCCC/C=C\CCCCCCCCCCC(=O)NC(CO)C(O)/C=C/CCCCCCCCCCCCCCCCCC. The van der Waals surface area contributed by atoms with Crippen LogP contribution < -0.4 is 5.32 Å². The van der Waals surface area contributed by atoms with Crippen LogP contribution in [0.25, 0.3) is 0 Å². The van der Waals surface area contributed by atoms with Gasteiger partial charge in [-0.3, -0.25) is 9.59 Å². The average molecular weight is 1080 g/mol. The van der Waals surface area contributed by atoms with E-state index >= 15 is 0 Å². The van der Waals surface area contributed by atoms with Gasteiger partial charge in [0, 0.05) is 12.8 Å². The molecular formula is C71H133NO5. The third-order valence-electron chi connectivity index (χ3n) is 15.8. The zero-order valence-corrected chi connectivity index (χ0v) is 51.7. The Morgan fingerprint density at radius 3 is 1.01 bits per heavy atom. The summed E-state index contributed by atoms with van der Waals surface area (Å²) in [7, 11) is 0. The maximum atomic E-state index is 12.5. The summed E-state index contributed by atoms with van der Waals surface area (Å²) in [5.74, 6) is -0.0656. The van der Waals surface area contributed by atoms with Crippen LogP contribution in [0.15, 0.2) is 48.6 Å². The number of esters is 1. The molecule has 0 aromatic rings. The Bertz CT molecular complexity index is 1290. The lowest BCUT2D eigenvalue weighted by Gasteiger charge is -2.20. The van der Waals surface area contributed by atoms with E-state index in [1.165, 1.54) is 289 Å². The predicted octanol–water partition coefficient (Wildman–Crippen LogP) is 22.1. The van der Waals surface area contributed by atoms with Crippen molar-refractivity contribution in [2.45, 2.75) is 379 Å². The number of rotatable bonds is 64. The van der Waals surface area contributed by atoms with Gasteiger partial charge in [0.25, 0.3) is 0 Å². The minimum Gasteiger partial charge on any atom is -0.466 e. The Labute approximate surface area is 480 Å². The third kappa shape index (κ3) is 62.9. The second-order valence-corrected chi connectivity index (χ2v) is 23.5. The van der Waals surface area contributed by atoms with E-state index in [1.807, 2.05) is 6.08 Å². The summed E-state index contributed by atoms with van der Waals surface area (Å²) in [6.45, 7) is 4.90. The molecule has 1 amide bonds. The fraction of sp³-hybridized carbons (Fsp3) is 0.859. The number of amides is 1. The van der Waals surface area contributed by atoms with E-state index < -0.39 is 12.1 Å². The molecule has 0 aromatic heterocycles. The zero-order chi connectivity index (χ0) is 55.7. The smallest absolute Gasteiger partial charge is 0.305 e. The Morgan fingerprint density at radius 1 is 0.364 bits per heavy atom. The van der Waals surface area contributed by atoms with Gasteiger partial charge < -0.3 is 20.3 Å². The Morgan fingerprint density at radius 2 is 0.649 bits per heavy atom. The van der Waals surface area contributed by atoms with Crippen LogP contribution in [0, 0.1) is 0 Å². The minimum absolute atomic E-state index is 0.00483. The summed E-state index contributed by atoms with van der Waals surface area (Å²) < 4.78 is 5.50. The van der Waals surface area contributed by atoms with Gasteiger partial charge in [0.1, 0.15) is 0 Å². The van der Waals surface area contributed by atoms with E-state index in [9.17, 15) is 19.8 Å². The quantitative estimate of drug-likeness (QED) is 0.0320. The first-order valence-electron chi connectivity index (χ1n) is 34.4. The molecule has 452 valence electrons. The molecule has 2 atom stereocenters. The molecule has 0 heterocycles. The number of hydrogen-bond donors (Lipinski definition) is 3. The molecule has 77 heavy (non-hydrogen) atoms. The van der Waals surface area contributed by atoms with Crippen LogP contribution in [0.1, 0.15) is 367 Å². The standard InChI is InChI=1S/C71H133NO5/c1-3-5-7-9-11-13-15-17-19-21-31-35-39-43-47-51-55-59-63-69(74)68(67-73)72-70(75)64-60-56-52-48-44-40-36-32-29-27-25-23-24-26-28-30-34-38-42-46-50-54-58-62-66-77-71(76)65-61-57-53-49-45-41-37-33-22-20-18-16-14-12-10-8-6-4-2/h14,16,20,22,25,27,59,63,68-69,73-74H,3-13,15,17-19,21,23-24,26,28-58,60-62,64-67H2,1-2H3,(H,72,75)/b16-14-,22-20-,27-25-,63-59+. The molecule has 0 spiro atoms. The summed E-state index contributed by atoms with van der Waals surface area (Å²) >= 11 is 0. The fourth-order valence-corrected chi connectivity index (χ4v) is 10.5. The molecule has 0 rings (SSSR count). The summed E-state index contributed by atoms with van der Waals surface area (Å²) in [4.78, 5) is 24.6. The summed E-state index contributed by atoms with van der Waals surface area (Å²) in [6, 6.07) is -0.633. The molecule has 0 bridgehead atoms. The Balaban J connectivity index is 3.43. The van der Waals surface area contributed by atoms with Gasteiger partial charge >= 0.3 is 5.97 Å². The fourth-order valence-electron chi connectivity index (χ4n) is 10.5. The lowest BCUT2D eigenvalue weighted by atomic mass is 10.0. The van der Waals surface area contributed by atoms with Gasteiger partial charge in [0.15, 0.2) is 0 Å². The number of carbonyl (C=O) groups is 2. The number of hydrogen-bond acceptors (Lipinski definition) is 5. The molecule has 0 aliphatic carbocycles. The van der Waals surface area contributed by atoms with Crippen molar-refractivity contribution in [3.63, 3.8) is 0 Å². The van der Waals surface area contributed by atoms with Crippen molar-refractivity contribution in [3.05, 3.63) is 48.6 Å². The van der Waals surface area contributed by atoms with E-state index in [0.717, 1.165) is 51.4 Å². The monoisotopic (exact) mass is 1080 g/mol. The van der Waals surface area contributed by atoms with Crippen molar-refractivity contribution in [1.82, 2.24) is 5.32 Å². The highest BCUT2D eigenvalue weighted by atomic mass is 16.5. The molecule has 0 saturated carbocycles. The summed E-state index contributed by atoms with van der Waals surface area (Å²) in [5.41, 5.74) is 0. The van der Waals surface area contributed by atoms with E-state index in [-0.39, 0.29) is 18.5 Å². The lowest BCUT2D eigenvalue weighted by molar-refractivity contribution is -0.143. The summed E-state index contributed by atoms with van der Waals surface area (Å²) in [6.07, 6.45) is 86.0. The number of carbonyl (C=O) groups excluding carboxylic acids is 2. The third-order valence-corrected chi connectivity index (χ3v) is 15.8. The van der Waals surface area contributed by atoms with Crippen LogP contribution >= 0.6 is 0 Å². The number of allylic oxidation sites excluding steroid dienone is 7. The highest BCUT2D eigenvalue weighted by Gasteiger charge is 2.18. The Hall–Kier alpha value is -2.18. The normalized spacial score (nSPS) is 12.8. The largest absolute Gasteiger partial charge is 0.466 e. The van der Waals surface area contributed by atoms with Crippen molar-refractivity contribution in [3.8, 4) is 0 Å². The zero-order valence-electron chi connectivity index (χ0n) is 51.7. The molecule has 3 N–H and O–H groups in total. The van der Waals surface area contributed by atoms with Crippen LogP contribution in [0.3, 0.4) is 0 Å². The number of aliphatic hydroxyl groups is 2. The molecule has 6 nitrogen and oxygen atoms in total. The van der Waals surface area contributed by atoms with E-state index in [0.29, 0.717) is 19.4 Å². The number of aliphatic hydroxyl groups excluding tert-OH is 2. The molecule has 6 heteroatoms. The molecular weight excluding hydrogens is 947 g/mol. The first-order chi connectivity index (χ1) is 38.0. The van der Waals surface area contributed by atoms with Gasteiger partial charge in [-0.15, -0.1) is 0 Å². The molecule has 0 saturated heterocycles. The van der Waals surface area contributed by atoms with E-state index in [2.05, 4.69) is 55.6 Å². The molecule has 0 radical (unpaired) electrons. The van der Waals surface area contributed by atoms with Crippen molar-refractivity contribution in [2.24, 2.45) is 0 Å². The predicted molar refractivity (Wildman–Crippen MR) is 338 cm³/mol. The average Bonchev–Trinajstić information content (AvgIpc) is 3.43. The summed E-state index contributed by atoms with van der Waals surface area (Å²) in [5, 5.41) is 23.2. The van der Waals surface area contributed by atoms with Gasteiger partial charge in [-0.2, -0.15) is 0 Å². The first kappa shape index (κ1) is 74.8. The first-order valence-corrected chi connectivity index (χ1v) is 34.4. The van der Waals surface area contributed by atoms with Crippen molar-refractivity contribution < 1.29 is 24.5 Å². The topological polar surface area (TPSA) is 95.9 Å². The Kier molecular flexibility index (Phi) is 64.5. The van der Waals surface area contributed by atoms with Gasteiger partial charge in [0.05, 0.1) is 25.4 Å². The van der Waals surface area contributed by atoms with Crippen molar-refractivity contribution in [1.29, 1.82) is 0 Å². The number of unbranched alkanes of at least 4 members (excludes halogenated alkanes) is 47. The lowest BCUT2D eigenvalue weighted by Crippen LogP contribution is -2.45. The molecule has 0 aromatic carbocycles. The van der Waals surface area contributed by atoms with Crippen molar-refractivity contribution >= 4 is 11.9 Å². The minimum atomic E-state index is -0.849. The van der Waals surface area contributed by atoms with Crippen molar-refractivity contribution in [2.75, 3.05) is 13.2 Å². The van der Waals surface area contributed by atoms with Gasteiger partial charge in [-0.1, -0.05) is 313 Å². The van der Waals surface area contributed by atoms with E-state index in [4.69, 9.17) is 4.74 Å². The molecule has 0 fully saturated rings. The highest BCUT2D eigenvalue weighted by Crippen LogP contribution is 2.18. The number of ether oxygens (including phenoxy) is 1. The van der Waals surface area contributed by atoms with Gasteiger partial charge in [0.2, 0.25) is 5.91 Å². The highest BCUT2D eigenvalue weighted by molar-refractivity contribution is 5.76. The maximum Gasteiger partial charge on any atom is 0.305 e. The van der Waals surface area contributed by atoms with Crippen LogP contribution in [0.2, 0.25) is 0 Å². The van der Waals surface area contributed by atoms with Crippen LogP contribution in [0.5, 0.6) is 0 Å². The van der Waals surface area contributed by atoms with Crippen LogP contribution in [-0.4, -0.2) is 47.4 Å². The molecule has 0 aliphatic rings. The maximum absolute atomic E-state index is 12.5. The van der Waals surface area contributed by atoms with E-state index in [1.54, 1.807) is 6.08 Å². The second-order valence-electron chi connectivity index (χ2n) is 23.5. The molecule has 0 aliphatic heterocycles. The molecule has 2 unspecified atom stereocenters. The second kappa shape index (κ2) is 66.3. The van der Waals surface area contributed by atoms with Crippen LogP contribution in [-0.2, 0) is 14.3 Å². The van der Waals surface area contributed by atoms with Crippen LogP contribution in [0.4, 0.5) is 0 Å². The number of nitrogens with one attached hydrogen (secondary N) is 1. The van der Waals surface area contributed by atoms with Gasteiger partial charge in [-0.25, -0.2) is 0 Å².